The maximum absolute atomic E-state index is 12.7. The van der Waals surface area contributed by atoms with E-state index in [1.807, 2.05) is 45.2 Å². The van der Waals surface area contributed by atoms with Gasteiger partial charge in [-0.2, -0.15) is 0 Å². The fourth-order valence-electron chi connectivity index (χ4n) is 2.26. The molecule has 2 N–H and O–H groups in total. The molecule has 4 heteroatoms. The van der Waals surface area contributed by atoms with E-state index in [0.717, 1.165) is 10.0 Å². The maximum Gasteiger partial charge on any atom is 0.232 e. The van der Waals surface area contributed by atoms with Crippen molar-refractivity contribution < 1.29 is 4.79 Å². The van der Waals surface area contributed by atoms with Gasteiger partial charge in [0.2, 0.25) is 5.91 Å². The Morgan fingerprint density at radius 2 is 1.90 bits per heavy atom. The molecule has 0 unspecified atom stereocenters. The van der Waals surface area contributed by atoms with Gasteiger partial charge in [0.1, 0.15) is 0 Å². The second kappa shape index (κ2) is 6.27. The second-order valence-corrected chi connectivity index (χ2v) is 7.58. The number of likely N-dealkylation sites (N-methyl/N-ethyl adjacent to an activating group) is 1. The number of halogens is 1. The zero-order valence-corrected chi connectivity index (χ0v) is 14.6. The molecule has 0 saturated carbocycles. The Kier molecular flexibility index (Phi) is 5.39. The van der Waals surface area contributed by atoms with Crippen molar-refractivity contribution in [2.45, 2.75) is 33.1 Å². The smallest absolute Gasteiger partial charge is 0.232 e. The van der Waals surface area contributed by atoms with E-state index < -0.39 is 5.41 Å². The van der Waals surface area contributed by atoms with E-state index in [4.69, 9.17) is 5.73 Å². The number of benzene rings is 1. The average molecular weight is 341 g/mol. The molecule has 112 valence electrons. The van der Waals surface area contributed by atoms with Crippen molar-refractivity contribution >= 4 is 21.8 Å². The summed E-state index contributed by atoms with van der Waals surface area (Å²) in [4.78, 5) is 14.5. The summed E-state index contributed by atoms with van der Waals surface area (Å²) in [6.45, 7) is 9.28. The van der Waals surface area contributed by atoms with Gasteiger partial charge in [-0.1, -0.05) is 41.9 Å². The molecule has 0 aliphatic rings. The van der Waals surface area contributed by atoms with Gasteiger partial charge in [0.15, 0.2) is 0 Å². The van der Waals surface area contributed by atoms with Crippen molar-refractivity contribution in [1.82, 2.24) is 4.90 Å². The van der Waals surface area contributed by atoms with Crippen LogP contribution < -0.4 is 5.73 Å². The van der Waals surface area contributed by atoms with E-state index in [9.17, 15) is 4.79 Å². The molecule has 1 rings (SSSR count). The fourth-order valence-corrected chi connectivity index (χ4v) is 2.66. The molecule has 0 saturated heterocycles. The summed E-state index contributed by atoms with van der Waals surface area (Å²) in [7, 11) is 1.85. The normalized spacial score (nSPS) is 12.3. The molecule has 0 aliphatic heterocycles. The van der Waals surface area contributed by atoms with Crippen molar-refractivity contribution in [3.63, 3.8) is 0 Å². The highest BCUT2D eigenvalue weighted by atomic mass is 79.9. The van der Waals surface area contributed by atoms with E-state index in [1.54, 1.807) is 4.90 Å². The SMILES string of the molecule is CN(CC(C)(C)CN)C(=O)C(C)(C)c1cccc(Br)c1. The summed E-state index contributed by atoms with van der Waals surface area (Å²) in [6, 6.07) is 7.91. The molecule has 3 nitrogen and oxygen atoms in total. The standard InChI is InChI=1S/C16H25BrN2O/c1-15(2,10-18)11-19(5)14(20)16(3,4)12-7-6-8-13(17)9-12/h6-9H,10-11,18H2,1-5H3. The lowest BCUT2D eigenvalue weighted by atomic mass is 9.82. The number of nitrogens with zero attached hydrogens (tertiary/aromatic N) is 1. The molecule has 1 amide bonds. The highest BCUT2D eigenvalue weighted by Gasteiger charge is 2.34. The third kappa shape index (κ3) is 4.06. The molecule has 20 heavy (non-hydrogen) atoms. The molecule has 1 aromatic carbocycles. The Hall–Kier alpha value is -0.870. The minimum Gasteiger partial charge on any atom is -0.344 e. The van der Waals surface area contributed by atoms with Gasteiger partial charge < -0.3 is 10.6 Å². The van der Waals surface area contributed by atoms with E-state index in [0.29, 0.717) is 13.1 Å². The third-order valence-electron chi connectivity index (χ3n) is 3.65. The molecule has 0 radical (unpaired) electrons. The summed E-state index contributed by atoms with van der Waals surface area (Å²) >= 11 is 3.46. The van der Waals surface area contributed by atoms with Crippen LogP contribution in [0.5, 0.6) is 0 Å². The summed E-state index contributed by atoms with van der Waals surface area (Å²) in [5, 5.41) is 0. The van der Waals surface area contributed by atoms with Gasteiger partial charge in [0.05, 0.1) is 5.41 Å². The van der Waals surface area contributed by atoms with Crippen molar-refractivity contribution in [2.75, 3.05) is 20.1 Å². The summed E-state index contributed by atoms with van der Waals surface area (Å²) in [6.07, 6.45) is 0. The number of nitrogens with two attached hydrogens (primary N) is 1. The number of hydrogen-bond acceptors (Lipinski definition) is 2. The first-order valence-electron chi connectivity index (χ1n) is 6.82. The lowest BCUT2D eigenvalue weighted by Crippen LogP contribution is -2.46. The molecule has 0 aliphatic carbocycles. The molecule has 0 bridgehead atoms. The van der Waals surface area contributed by atoms with Gasteiger partial charge in [-0.15, -0.1) is 0 Å². The monoisotopic (exact) mass is 340 g/mol. The Labute approximate surface area is 130 Å². The topological polar surface area (TPSA) is 46.3 Å². The van der Waals surface area contributed by atoms with E-state index in [1.165, 1.54) is 0 Å². The van der Waals surface area contributed by atoms with E-state index in [-0.39, 0.29) is 11.3 Å². The summed E-state index contributed by atoms with van der Waals surface area (Å²) in [5.74, 6) is 0.108. The minimum atomic E-state index is -0.552. The van der Waals surface area contributed by atoms with Crippen LogP contribution in [0, 0.1) is 5.41 Å². The van der Waals surface area contributed by atoms with Crippen LogP contribution in [0.1, 0.15) is 33.3 Å². The molecule has 1 aromatic rings. The molecule has 0 heterocycles. The first kappa shape index (κ1) is 17.2. The molecule has 0 spiro atoms. The zero-order valence-electron chi connectivity index (χ0n) is 13.0. The fraction of sp³-hybridized carbons (Fsp3) is 0.562. The van der Waals surface area contributed by atoms with Gasteiger partial charge >= 0.3 is 0 Å². The van der Waals surface area contributed by atoms with Crippen LogP contribution in [0.2, 0.25) is 0 Å². The Bertz CT molecular complexity index is 483. The quantitative estimate of drug-likeness (QED) is 0.894. The predicted molar refractivity (Wildman–Crippen MR) is 87.6 cm³/mol. The molecule has 0 atom stereocenters. The number of carbonyl (C=O) groups is 1. The van der Waals surface area contributed by atoms with Gasteiger partial charge in [0, 0.05) is 18.1 Å². The van der Waals surface area contributed by atoms with Crippen LogP contribution in [0.25, 0.3) is 0 Å². The maximum atomic E-state index is 12.7. The van der Waals surface area contributed by atoms with Crippen LogP contribution in [0.15, 0.2) is 28.7 Å². The largest absolute Gasteiger partial charge is 0.344 e. The van der Waals surface area contributed by atoms with Crippen LogP contribution in [0.3, 0.4) is 0 Å². The first-order chi connectivity index (χ1) is 9.10. The second-order valence-electron chi connectivity index (χ2n) is 6.66. The Morgan fingerprint density at radius 3 is 2.40 bits per heavy atom. The van der Waals surface area contributed by atoms with Gasteiger partial charge in [-0.25, -0.2) is 0 Å². The van der Waals surface area contributed by atoms with Crippen molar-refractivity contribution in [2.24, 2.45) is 11.1 Å². The first-order valence-corrected chi connectivity index (χ1v) is 7.61. The van der Waals surface area contributed by atoms with Crippen LogP contribution >= 0.6 is 15.9 Å². The van der Waals surface area contributed by atoms with Crippen molar-refractivity contribution in [3.8, 4) is 0 Å². The van der Waals surface area contributed by atoms with E-state index >= 15 is 0 Å². The zero-order chi connectivity index (χ0) is 15.6. The lowest BCUT2D eigenvalue weighted by Gasteiger charge is -2.34. The minimum absolute atomic E-state index is 0.0717. The number of rotatable bonds is 5. The van der Waals surface area contributed by atoms with Gasteiger partial charge in [-0.3, -0.25) is 4.79 Å². The lowest BCUT2D eigenvalue weighted by molar-refractivity contribution is -0.136. The summed E-state index contributed by atoms with van der Waals surface area (Å²) < 4.78 is 0.987. The third-order valence-corrected chi connectivity index (χ3v) is 4.14. The van der Waals surface area contributed by atoms with Crippen LogP contribution in [0.4, 0.5) is 0 Å². The van der Waals surface area contributed by atoms with Crippen LogP contribution in [-0.2, 0) is 10.2 Å². The number of carbonyl (C=O) groups excluding carboxylic acids is 1. The van der Waals surface area contributed by atoms with Crippen LogP contribution in [-0.4, -0.2) is 30.9 Å². The highest BCUT2D eigenvalue weighted by Crippen LogP contribution is 2.28. The highest BCUT2D eigenvalue weighted by molar-refractivity contribution is 9.10. The van der Waals surface area contributed by atoms with Gasteiger partial charge in [0.25, 0.3) is 0 Å². The van der Waals surface area contributed by atoms with Crippen molar-refractivity contribution in [1.29, 1.82) is 0 Å². The van der Waals surface area contributed by atoms with E-state index in [2.05, 4.69) is 29.8 Å². The summed E-state index contributed by atoms with van der Waals surface area (Å²) in [5.41, 5.74) is 6.14. The Balaban J connectivity index is 2.94. The Morgan fingerprint density at radius 1 is 1.30 bits per heavy atom. The van der Waals surface area contributed by atoms with Gasteiger partial charge in [-0.05, 0) is 43.5 Å². The molecule has 0 fully saturated rings. The molecule has 0 aromatic heterocycles. The number of amides is 1. The molecular formula is C16H25BrN2O. The van der Waals surface area contributed by atoms with Crippen molar-refractivity contribution in [3.05, 3.63) is 34.3 Å². The molecular weight excluding hydrogens is 316 g/mol. The average Bonchev–Trinajstić information content (AvgIpc) is 2.37. The number of hydrogen-bond donors (Lipinski definition) is 1. The predicted octanol–water partition coefficient (Wildman–Crippen LogP) is 3.17.